The summed E-state index contributed by atoms with van der Waals surface area (Å²) in [5, 5.41) is 15.3. The molecule has 2 N–H and O–H groups in total. The second kappa shape index (κ2) is 11.3. The predicted octanol–water partition coefficient (Wildman–Crippen LogP) is 3.38. The number of hydrogen-bond acceptors (Lipinski definition) is 7. The lowest BCUT2D eigenvalue weighted by Gasteiger charge is -2.10. The Morgan fingerprint density at radius 1 is 1.03 bits per heavy atom. The molecule has 0 aliphatic heterocycles. The first-order valence-electron chi connectivity index (χ1n) is 11.7. The minimum absolute atomic E-state index is 0.000303. The van der Waals surface area contributed by atoms with E-state index in [1.165, 1.54) is 23.1 Å². The summed E-state index contributed by atoms with van der Waals surface area (Å²) in [7, 11) is 1.58. The summed E-state index contributed by atoms with van der Waals surface area (Å²) < 4.78 is 22.3. The number of carbonyl (C=O) groups excluding carboxylic acids is 1. The SMILES string of the molecule is COCCc1nc(CNC(=O)NCc2ncnn2-c2ccc3cccnc3c2)n(-c2ccc(Cl)c(F)c2)n1. The summed E-state index contributed by atoms with van der Waals surface area (Å²) in [5.41, 5.74) is 2.03. The first-order valence-corrected chi connectivity index (χ1v) is 12.0. The maximum atomic E-state index is 14.1. The Morgan fingerprint density at radius 3 is 2.63 bits per heavy atom. The quantitative estimate of drug-likeness (QED) is 0.296. The molecule has 2 aromatic carbocycles. The number of rotatable bonds is 9. The van der Waals surface area contributed by atoms with Crippen molar-refractivity contribution in [2.24, 2.45) is 0 Å². The average Bonchev–Trinajstić information content (AvgIpc) is 3.58. The maximum Gasteiger partial charge on any atom is 0.315 e. The average molecular weight is 536 g/mol. The van der Waals surface area contributed by atoms with Crippen LogP contribution in [-0.4, -0.2) is 54.3 Å². The molecule has 5 rings (SSSR count). The van der Waals surface area contributed by atoms with Gasteiger partial charge in [0.2, 0.25) is 0 Å². The van der Waals surface area contributed by atoms with Crippen molar-refractivity contribution in [2.45, 2.75) is 19.5 Å². The molecule has 0 spiro atoms. The molecule has 3 heterocycles. The molecule has 11 nitrogen and oxygen atoms in total. The van der Waals surface area contributed by atoms with Gasteiger partial charge in [-0.15, -0.1) is 0 Å². The molecule has 5 aromatic rings. The number of methoxy groups -OCH3 is 1. The van der Waals surface area contributed by atoms with E-state index < -0.39 is 11.8 Å². The van der Waals surface area contributed by atoms with Gasteiger partial charge >= 0.3 is 6.03 Å². The number of carbonyl (C=O) groups is 1. The van der Waals surface area contributed by atoms with E-state index >= 15 is 0 Å². The van der Waals surface area contributed by atoms with Crippen molar-refractivity contribution < 1.29 is 13.9 Å². The van der Waals surface area contributed by atoms with E-state index in [0.717, 1.165) is 16.6 Å². The van der Waals surface area contributed by atoms with E-state index in [4.69, 9.17) is 16.3 Å². The van der Waals surface area contributed by atoms with Gasteiger partial charge in [0.15, 0.2) is 17.5 Å². The zero-order valence-corrected chi connectivity index (χ0v) is 21.1. The molecule has 0 atom stereocenters. The van der Waals surface area contributed by atoms with Crippen molar-refractivity contribution in [1.29, 1.82) is 0 Å². The van der Waals surface area contributed by atoms with Gasteiger partial charge in [0.1, 0.15) is 12.1 Å². The monoisotopic (exact) mass is 535 g/mol. The van der Waals surface area contributed by atoms with Crippen molar-refractivity contribution in [2.75, 3.05) is 13.7 Å². The van der Waals surface area contributed by atoms with Crippen molar-refractivity contribution in [3.63, 3.8) is 0 Å². The largest absolute Gasteiger partial charge is 0.384 e. The third kappa shape index (κ3) is 5.61. The van der Waals surface area contributed by atoms with E-state index in [9.17, 15) is 9.18 Å². The van der Waals surface area contributed by atoms with Gasteiger partial charge in [-0.3, -0.25) is 4.98 Å². The van der Waals surface area contributed by atoms with Gasteiger partial charge in [-0.25, -0.2) is 28.5 Å². The number of benzene rings is 2. The number of nitrogens with one attached hydrogen (secondary N) is 2. The third-order valence-corrected chi connectivity index (χ3v) is 5.97. The summed E-state index contributed by atoms with van der Waals surface area (Å²) in [5.74, 6) is 0.871. The number of halogens is 2. The number of fused-ring (bicyclic) bond motifs is 1. The minimum atomic E-state index is -0.582. The first kappa shape index (κ1) is 25.2. The zero-order valence-electron chi connectivity index (χ0n) is 20.3. The molecule has 0 saturated heterocycles. The summed E-state index contributed by atoms with van der Waals surface area (Å²) in [6.07, 6.45) is 3.61. The fourth-order valence-corrected chi connectivity index (χ4v) is 3.92. The second-order valence-corrected chi connectivity index (χ2v) is 8.61. The van der Waals surface area contributed by atoms with Gasteiger partial charge in [-0.05, 0) is 30.3 Å². The lowest BCUT2D eigenvalue weighted by atomic mass is 10.2. The molecular weight excluding hydrogens is 513 g/mol. The maximum absolute atomic E-state index is 14.1. The van der Waals surface area contributed by atoms with Crippen LogP contribution in [0.15, 0.2) is 61.1 Å². The molecule has 0 fully saturated rings. The topological polar surface area (TPSA) is 125 Å². The normalized spacial score (nSPS) is 11.1. The molecule has 0 unspecified atom stereocenters. The van der Waals surface area contributed by atoms with Crippen LogP contribution in [0.5, 0.6) is 0 Å². The van der Waals surface area contributed by atoms with Crippen LogP contribution in [-0.2, 0) is 24.2 Å². The smallest absolute Gasteiger partial charge is 0.315 e. The van der Waals surface area contributed by atoms with Crippen molar-refractivity contribution >= 4 is 28.5 Å². The number of ether oxygens (including phenoxy) is 1. The number of pyridine rings is 1. The Balaban J connectivity index is 1.26. The van der Waals surface area contributed by atoms with Crippen molar-refractivity contribution in [1.82, 2.24) is 45.1 Å². The highest BCUT2D eigenvalue weighted by Gasteiger charge is 2.15. The Kier molecular flexibility index (Phi) is 7.52. The van der Waals surface area contributed by atoms with Crippen molar-refractivity contribution in [3.05, 3.63) is 89.4 Å². The van der Waals surface area contributed by atoms with Crippen LogP contribution in [0.3, 0.4) is 0 Å². The number of amides is 2. The lowest BCUT2D eigenvalue weighted by Crippen LogP contribution is -2.36. The Labute approximate surface area is 221 Å². The fraction of sp³-hybridized carbons (Fsp3) is 0.200. The van der Waals surface area contributed by atoms with E-state index in [1.54, 1.807) is 24.1 Å². The van der Waals surface area contributed by atoms with Crippen LogP contribution in [0.4, 0.5) is 9.18 Å². The highest BCUT2D eigenvalue weighted by atomic mass is 35.5. The fourth-order valence-electron chi connectivity index (χ4n) is 3.80. The number of nitrogens with zero attached hydrogens (tertiary/aromatic N) is 7. The highest BCUT2D eigenvalue weighted by Crippen LogP contribution is 2.19. The van der Waals surface area contributed by atoms with E-state index in [1.807, 2.05) is 30.3 Å². The molecule has 13 heteroatoms. The number of aromatic nitrogens is 7. The van der Waals surface area contributed by atoms with E-state index in [0.29, 0.717) is 36.2 Å². The molecule has 0 aliphatic rings. The number of urea groups is 1. The standard InChI is InChI=1S/C25H23ClFN9O2/c1-38-10-8-22-33-24(36(34-22)17-6-7-19(26)20(27)11-17)14-30-25(37)29-13-23-31-15-32-35(23)18-5-4-16-3-2-9-28-21(16)12-18/h2-7,9,11-12,15H,8,10,13-14H2,1H3,(H2,29,30,37). The van der Waals surface area contributed by atoms with Gasteiger partial charge < -0.3 is 15.4 Å². The van der Waals surface area contributed by atoms with Crippen LogP contribution in [0, 0.1) is 5.82 Å². The molecule has 0 aliphatic carbocycles. The first-order chi connectivity index (χ1) is 18.5. The Hall–Kier alpha value is -4.42. The van der Waals surface area contributed by atoms with E-state index in [2.05, 4.69) is 35.8 Å². The van der Waals surface area contributed by atoms with Gasteiger partial charge in [-0.1, -0.05) is 23.7 Å². The predicted molar refractivity (Wildman–Crippen MR) is 138 cm³/mol. The molecule has 38 heavy (non-hydrogen) atoms. The molecule has 0 saturated carbocycles. The van der Waals surface area contributed by atoms with E-state index in [-0.39, 0.29) is 18.1 Å². The molecule has 3 aromatic heterocycles. The molecular formula is C25H23ClFN9O2. The van der Waals surface area contributed by atoms with Crippen LogP contribution < -0.4 is 10.6 Å². The summed E-state index contributed by atoms with van der Waals surface area (Å²) >= 11 is 5.82. The van der Waals surface area contributed by atoms with Gasteiger partial charge in [-0.2, -0.15) is 10.2 Å². The van der Waals surface area contributed by atoms with Gasteiger partial charge in [0.25, 0.3) is 0 Å². The second-order valence-electron chi connectivity index (χ2n) is 8.20. The summed E-state index contributed by atoms with van der Waals surface area (Å²) in [6.45, 7) is 0.583. The Bertz CT molecular complexity index is 1590. The third-order valence-electron chi connectivity index (χ3n) is 5.66. The highest BCUT2D eigenvalue weighted by molar-refractivity contribution is 6.30. The van der Waals surface area contributed by atoms with Crippen molar-refractivity contribution in [3.8, 4) is 11.4 Å². The lowest BCUT2D eigenvalue weighted by molar-refractivity contribution is 0.200. The molecule has 0 radical (unpaired) electrons. The summed E-state index contributed by atoms with van der Waals surface area (Å²) in [6, 6.07) is 13.5. The van der Waals surface area contributed by atoms with Crippen LogP contribution in [0.25, 0.3) is 22.3 Å². The van der Waals surface area contributed by atoms with Crippen LogP contribution in [0.1, 0.15) is 17.5 Å². The zero-order chi connectivity index (χ0) is 26.5. The summed E-state index contributed by atoms with van der Waals surface area (Å²) in [4.78, 5) is 25.7. The molecule has 0 bridgehead atoms. The van der Waals surface area contributed by atoms with Gasteiger partial charge in [0.05, 0.1) is 41.6 Å². The number of hydrogen-bond donors (Lipinski definition) is 2. The minimum Gasteiger partial charge on any atom is -0.384 e. The van der Waals surface area contributed by atoms with Crippen LogP contribution >= 0.6 is 11.6 Å². The Morgan fingerprint density at radius 2 is 1.82 bits per heavy atom. The molecule has 2 amide bonds. The van der Waals surface area contributed by atoms with Crippen LogP contribution in [0.2, 0.25) is 5.02 Å². The van der Waals surface area contributed by atoms with Gasteiger partial charge in [0, 0.05) is 31.2 Å². The molecule has 194 valence electrons.